The maximum Gasteiger partial charge on any atom is -0.00974 e. The van der Waals surface area contributed by atoms with Crippen molar-refractivity contribution in [2.75, 3.05) is 0 Å². The molecule has 1 aromatic rings. The molecule has 0 amide bonds. The van der Waals surface area contributed by atoms with Crippen molar-refractivity contribution in [1.29, 1.82) is 0 Å². The second kappa shape index (κ2) is 7.28. The summed E-state index contributed by atoms with van der Waals surface area (Å²) in [5.41, 5.74) is 2.77. The van der Waals surface area contributed by atoms with Crippen molar-refractivity contribution in [2.45, 2.75) is 46.0 Å². The zero-order valence-electron chi connectivity index (χ0n) is 10.00. The van der Waals surface area contributed by atoms with Crippen molar-refractivity contribution >= 4 is 0 Å². The molecule has 0 radical (unpaired) electrons. The van der Waals surface area contributed by atoms with Gasteiger partial charge in [0.1, 0.15) is 0 Å². The smallest absolute Gasteiger partial charge is 0.00974 e. The van der Waals surface area contributed by atoms with Crippen LogP contribution in [-0.2, 0) is 6.42 Å². The summed E-state index contributed by atoms with van der Waals surface area (Å²) in [6.45, 7) is 4.39. The van der Waals surface area contributed by atoms with E-state index in [1.165, 1.54) is 36.8 Å². The fourth-order valence-electron chi connectivity index (χ4n) is 1.69. The standard InChI is InChI=1S/C15H22/c1-3-4-5-6-7-8-11-15-12-9-10-14(2)13-15/h7-10,12-13H,3-6,11H2,1-2H3/b8-7+. The lowest BCUT2D eigenvalue weighted by molar-refractivity contribution is 0.728. The van der Waals surface area contributed by atoms with Crippen LogP contribution in [0, 0.1) is 6.92 Å². The molecule has 0 aliphatic carbocycles. The Kier molecular flexibility index (Phi) is 5.84. The minimum atomic E-state index is 1.08. The first kappa shape index (κ1) is 12.0. The topological polar surface area (TPSA) is 0 Å². The van der Waals surface area contributed by atoms with E-state index < -0.39 is 0 Å². The van der Waals surface area contributed by atoms with E-state index in [-0.39, 0.29) is 0 Å². The number of benzene rings is 1. The molecule has 0 fully saturated rings. The summed E-state index contributed by atoms with van der Waals surface area (Å²) in [6.07, 6.45) is 10.9. The maximum atomic E-state index is 2.32. The van der Waals surface area contributed by atoms with Crippen molar-refractivity contribution in [3.63, 3.8) is 0 Å². The van der Waals surface area contributed by atoms with Crippen molar-refractivity contribution in [3.8, 4) is 0 Å². The van der Waals surface area contributed by atoms with E-state index in [2.05, 4.69) is 50.3 Å². The summed E-state index contributed by atoms with van der Waals surface area (Å²) < 4.78 is 0. The third-order valence-corrected chi connectivity index (χ3v) is 2.58. The third-order valence-electron chi connectivity index (χ3n) is 2.58. The minimum absolute atomic E-state index is 1.08. The van der Waals surface area contributed by atoms with Gasteiger partial charge in [-0.2, -0.15) is 0 Å². The maximum absolute atomic E-state index is 2.32. The minimum Gasteiger partial charge on any atom is -0.0882 e. The Morgan fingerprint density at radius 1 is 1.13 bits per heavy atom. The number of hydrogen-bond acceptors (Lipinski definition) is 0. The van der Waals surface area contributed by atoms with Gasteiger partial charge >= 0.3 is 0 Å². The predicted octanol–water partition coefficient (Wildman–Crippen LogP) is 4.67. The monoisotopic (exact) mass is 202 g/mol. The molecule has 0 aliphatic rings. The lowest BCUT2D eigenvalue weighted by Crippen LogP contribution is -1.81. The lowest BCUT2D eigenvalue weighted by atomic mass is 10.1. The largest absolute Gasteiger partial charge is 0.0882 e. The zero-order valence-corrected chi connectivity index (χ0v) is 10.00. The number of unbranched alkanes of at least 4 members (excludes halogenated alkanes) is 3. The van der Waals surface area contributed by atoms with Crippen LogP contribution >= 0.6 is 0 Å². The number of rotatable bonds is 6. The van der Waals surface area contributed by atoms with Crippen LogP contribution in [0.3, 0.4) is 0 Å². The van der Waals surface area contributed by atoms with Crippen LogP contribution in [0.5, 0.6) is 0 Å². The van der Waals surface area contributed by atoms with Gasteiger partial charge in [0.25, 0.3) is 0 Å². The van der Waals surface area contributed by atoms with Crippen LogP contribution in [0.1, 0.15) is 43.7 Å². The van der Waals surface area contributed by atoms with Gasteiger partial charge in [-0.3, -0.25) is 0 Å². The highest BCUT2D eigenvalue weighted by molar-refractivity contribution is 5.23. The Morgan fingerprint density at radius 2 is 2.00 bits per heavy atom. The van der Waals surface area contributed by atoms with Crippen LogP contribution in [-0.4, -0.2) is 0 Å². The highest BCUT2D eigenvalue weighted by atomic mass is 13.9. The average molecular weight is 202 g/mol. The highest BCUT2D eigenvalue weighted by Gasteiger charge is 1.89. The van der Waals surface area contributed by atoms with Gasteiger partial charge in [0.2, 0.25) is 0 Å². The summed E-state index contributed by atoms with van der Waals surface area (Å²) >= 11 is 0. The van der Waals surface area contributed by atoms with E-state index >= 15 is 0 Å². The van der Waals surface area contributed by atoms with Crippen LogP contribution in [0.15, 0.2) is 36.4 Å². The van der Waals surface area contributed by atoms with Crippen molar-refractivity contribution in [1.82, 2.24) is 0 Å². The molecule has 0 saturated carbocycles. The van der Waals surface area contributed by atoms with Crippen molar-refractivity contribution < 1.29 is 0 Å². The summed E-state index contributed by atoms with van der Waals surface area (Å²) in [7, 11) is 0. The number of allylic oxidation sites excluding steroid dienone is 2. The molecule has 0 atom stereocenters. The second-order valence-corrected chi connectivity index (χ2v) is 4.16. The Balaban J connectivity index is 2.24. The van der Waals surface area contributed by atoms with E-state index in [4.69, 9.17) is 0 Å². The number of hydrogen-bond donors (Lipinski definition) is 0. The molecule has 0 heterocycles. The molecule has 1 rings (SSSR count). The molecule has 0 unspecified atom stereocenters. The van der Waals surface area contributed by atoms with Gasteiger partial charge in [-0.05, 0) is 31.7 Å². The van der Waals surface area contributed by atoms with Gasteiger partial charge in [0.15, 0.2) is 0 Å². The predicted molar refractivity (Wildman–Crippen MR) is 68.2 cm³/mol. The van der Waals surface area contributed by atoms with Crippen LogP contribution in [0.2, 0.25) is 0 Å². The molecular formula is C15H22. The van der Waals surface area contributed by atoms with Crippen molar-refractivity contribution in [2.24, 2.45) is 0 Å². The Bertz CT molecular complexity index is 297. The van der Waals surface area contributed by atoms with E-state index in [1.807, 2.05) is 0 Å². The number of aryl methyl sites for hydroxylation is 1. The van der Waals surface area contributed by atoms with Gasteiger partial charge in [0.05, 0.1) is 0 Å². The van der Waals surface area contributed by atoms with Crippen LogP contribution in [0.25, 0.3) is 0 Å². The lowest BCUT2D eigenvalue weighted by Gasteiger charge is -1.98. The summed E-state index contributed by atoms with van der Waals surface area (Å²) in [4.78, 5) is 0. The fraction of sp³-hybridized carbons (Fsp3) is 0.467. The van der Waals surface area contributed by atoms with Gasteiger partial charge < -0.3 is 0 Å². The van der Waals surface area contributed by atoms with Crippen LogP contribution in [0.4, 0.5) is 0 Å². The first-order chi connectivity index (χ1) is 7.33. The molecule has 0 spiro atoms. The highest BCUT2D eigenvalue weighted by Crippen LogP contribution is 2.06. The first-order valence-corrected chi connectivity index (χ1v) is 6.03. The Hall–Kier alpha value is -1.04. The molecule has 0 aliphatic heterocycles. The molecule has 0 aromatic heterocycles. The van der Waals surface area contributed by atoms with E-state index in [1.54, 1.807) is 0 Å². The summed E-state index contributed by atoms with van der Waals surface area (Å²) in [6, 6.07) is 8.74. The van der Waals surface area contributed by atoms with Gasteiger partial charge in [0, 0.05) is 0 Å². The molecule has 1 aromatic carbocycles. The summed E-state index contributed by atoms with van der Waals surface area (Å²) in [5, 5.41) is 0. The molecular weight excluding hydrogens is 180 g/mol. The molecule has 0 heteroatoms. The zero-order chi connectivity index (χ0) is 10.9. The van der Waals surface area contributed by atoms with E-state index in [9.17, 15) is 0 Å². The normalized spacial score (nSPS) is 11.1. The molecule has 0 nitrogen and oxygen atoms in total. The van der Waals surface area contributed by atoms with Gasteiger partial charge in [-0.15, -0.1) is 0 Å². The fourth-order valence-corrected chi connectivity index (χ4v) is 1.69. The molecule has 0 bridgehead atoms. The average Bonchev–Trinajstić information content (AvgIpc) is 2.23. The quantitative estimate of drug-likeness (QED) is 0.464. The van der Waals surface area contributed by atoms with E-state index in [0.717, 1.165) is 6.42 Å². The second-order valence-electron chi connectivity index (χ2n) is 4.16. The Labute approximate surface area is 94.0 Å². The molecule has 15 heavy (non-hydrogen) atoms. The Morgan fingerprint density at radius 3 is 2.73 bits per heavy atom. The van der Waals surface area contributed by atoms with Gasteiger partial charge in [-0.1, -0.05) is 61.7 Å². The molecule has 82 valence electrons. The first-order valence-electron chi connectivity index (χ1n) is 6.03. The van der Waals surface area contributed by atoms with Crippen molar-refractivity contribution in [3.05, 3.63) is 47.5 Å². The third kappa shape index (κ3) is 5.41. The summed E-state index contributed by atoms with van der Waals surface area (Å²) in [5.74, 6) is 0. The van der Waals surface area contributed by atoms with Gasteiger partial charge in [-0.25, -0.2) is 0 Å². The molecule has 0 saturated heterocycles. The van der Waals surface area contributed by atoms with E-state index in [0.29, 0.717) is 0 Å². The SMILES string of the molecule is CCCCC/C=C/Cc1cccc(C)c1. The molecule has 0 N–H and O–H groups in total. The van der Waals surface area contributed by atoms with Crippen LogP contribution < -0.4 is 0 Å².